The Bertz CT molecular complexity index is 418. The van der Waals surface area contributed by atoms with Crippen LogP contribution in [0, 0.1) is 12.3 Å². The molecule has 2 aliphatic rings. The molecule has 1 spiro atoms. The van der Waals surface area contributed by atoms with Crippen LogP contribution in [0.15, 0.2) is 22.7 Å². The largest absolute Gasteiger partial charge is 0.381 e. The van der Waals surface area contributed by atoms with Gasteiger partial charge in [0.2, 0.25) is 0 Å². The molecule has 17 heavy (non-hydrogen) atoms. The second kappa shape index (κ2) is 4.29. The summed E-state index contributed by atoms with van der Waals surface area (Å²) in [5.74, 6) is 0. The summed E-state index contributed by atoms with van der Waals surface area (Å²) in [6, 6.07) is 6.62. The maximum absolute atomic E-state index is 5.45. The molecule has 2 saturated heterocycles. The molecule has 1 aromatic rings. The minimum atomic E-state index is 0.544. The molecular weight excluding hydrogens is 278 g/mol. The molecule has 2 heterocycles. The zero-order valence-electron chi connectivity index (χ0n) is 10.2. The van der Waals surface area contributed by atoms with Gasteiger partial charge in [-0.05, 0) is 53.4 Å². The van der Waals surface area contributed by atoms with Gasteiger partial charge in [0.1, 0.15) is 0 Å². The maximum atomic E-state index is 5.45. The number of anilines is 1. The van der Waals surface area contributed by atoms with Gasteiger partial charge in [-0.2, -0.15) is 0 Å². The summed E-state index contributed by atoms with van der Waals surface area (Å²) in [6.45, 7) is 6.41. The average Bonchev–Trinajstić information content (AvgIpc) is 2.27. The fraction of sp³-hybridized carbons (Fsp3) is 0.571. The second-order valence-corrected chi connectivity index (χ2v) is 6.28. The summed E-state index contributed by atoms with van der Waals surface area (Å²) in [5, 5.41) is 0. The summed E-state index contributed by atoms with van der Waals surface area (Å²) in [7, 11) is 0. The fourth-order valence-corrected chi connectivity index (χ4v) is 3.67. The number of ether oxygens (including phenoxy) is 1. The van der Waals surface area contributed by atoms with Gasteiger partial charge in [0, 0.05) is 36.2 Å². The molecule has 2 fully saturated rings. The molecule has 0 atom stereocenters. The third-order valence-corrected chi connectivity index (χ3v) is 4.69. The summed E-state index contributed by atoms with van der Waals surface area (Å²) < 4.78 is 6.67. The van der Waals surface area contributed by atoms with Gasteiger partial charge < -0.3 is 9.64 Å². The van der Waals surface area contributed by atoms with E-state index in [1.165, 1.54) is 41.7 Å². The van der Waals surface area contributed by atoms with Crippen molar-refractivity contribution in [2.24, 2.45) is 5.41 Å². The van der Waals surface area contributed by atoms with Crippen LogP contribution >= 0.6 is 15.9 Å². The summed E-state index contributed by atoms with van der Waals surface area (Å²) in [5.41, 5.74) is 3.19. The molecule has 0 aliphatic carbocycles. The number of nitrogens with zero attached hydrogens (tertiary/aromatic N) is 1. The van der Waals surface area contributed by atoms with E-state index in [2.05, 4.69) is 46.0 Å². The Balaban J connectivity index is 1.72. The molecule has 3 rings (SSSR count). The Labute approximate surface area is 111 Å². The molecule has 0 bridgehead atoms. The molecule has 2 nitrogen and oxygen atoms in total. The van der Waals surface area contributed by atoms with Gasteiger partial charge in [0.05, 0.1) is 5.69 Å². The van der Waals surface area contributed by atoms with E-state index >= 15 is 0 Å². The number of benzene rings is 1. The number of rotatable bonds is 1. The van der Waals surface area contributed by atoms with Crippen molar-refractivity contribution >= 4 is 21.6 Å². The van der Waals surface area contributed by atoms with Gasteiger partial charge in [-0.1, -0.05) is 6.07 Å². The Hall–Kier alpha value is -0.540. The van der Waals surface area contributed by atoms with Crippen LogP contribution in [-0.4, -0.2) is 26.3 Å². The van der Waals surface area contributed by atoms with Crippen LogP contribution in [0.3, 0.4) is 0 Å². The van der Waals surface area contributed by atoms with Gasteiger partial charge in [-0.25, -0.2) is 0 Å². The van der Waals surface area contributed by atoms with Gasteiger partial charge in [-0.15, -0.1) is 0 Å². The molecule has 0 saturated carbocycles. The van der Waals surface area contributed by atoms with E-state index in [4.69, 9.17) is 4.74 Å². The van der Waals surface area contributed by atoms with Crippen molar-refractivity contribution in [3.05, 3.63) is 28.2 Å². The van der Waals surface area contributed by atoms with Gasteiger partial charge in [0.25, 0.3) is 0 Å². The lowest BCUT2D eigenvalue weighted by atomic mass is 9.73. The van der Waals surface area contributed by atoms with Gasteiger partial charge in [0.15, 0.2) is 0 Å². The monoisotopic (exact) mass is 295 g/mol. The highest BCUT2D eigenvalue weighted by Gasteiger charge is 2.44. The molecule has 0 unspecified atom stereocenters. The van der Waals surface area contributed by atoms with Crippen LogP contribution in [0.4, 0.5) is 5.69 Å². The second-order valence-electron chi connectivity index (χ2n) is 5.42. The first-order valence-corrected chi connectivity index (χ1v) is 7.07. The molecular formula is C14H18BrNO. The molecule has 0 aromatic heterocycles. The van der Waals surface area contributed by atoms with Crippen LogP contribution in [-0.2, 0) is 4.74 Å². The maximum Gasteiger partial charge on any atom is 0.0511 e. The third kappa shape index (κ3) is 2.11. The Morgan fingerprint density at radius 3 is 2.59 bits per heavy atom. The standard InChI is InChI=1S/C14H18BrNO/c1-11-2-3-13(12(15)8-11)16-9-14(10-16)4-6-17-7-5-14/h2-3,8H,4-7,9-10H2,1H3. The third-order valence-electron chi connectivity index (χ3n) is 4.05. The molecule has 2 aliphatic heterocycles. The zero-order chi connectivity index (χ0) is 11.9. The minimum absolute atomic E-state index is 0.544. The highest BCUT2D eigenvalue weighted by atomic mass is 79.9. The van der Waals surface area contributed by atoms with Crippen LogP contribution in [0.2, 0.25) is 0 Å². The minimum Gasteiger partial charge on any atom is -0.381 e. The molecule has 1 aromatic carbocycles. The quantitative estimate of drug-likeness (QED) is 0.788. The molecule has 0 radical (unpaired) electrons. The number of hydrogen-bond donors (Lipinski definition) is 0. The predicted octanol–water partition coefficient (Wildman–Crippen LogP) is 3.37. The van der Waals surface area contributed by atoms with E-state index < -0.39 is 0 Å². The van der Waals surface area contributed by atoms with Crippen LogP contribution in [0.5, 0.6) is 0 Å². The van der Waals surface area contributed by atoms with E-state index in [-0.39, 0.29) is 0 Å². The Morgan fingerprint density at radius 1 is 1.24 bits per heavy atom. The van der Waals surface area contributed by atoms with Crippen molar-refractivity contribution in [2.75, 3.05) is 31.2 Å². The smallest absolute Gasteiger partial charge is 0.0511 e. The lowest BCUT2D eigenvalue weighted by Gasteiger charge is -2.53. The number of halogens is 1. The first-order valence-electron chi connectivity index (χ1n) is 6.27. The number of hydrogen-bond acceptors (Lipinski definition) is 2. The summed E-state index contributed by atoms with van der Waals surface area (Å²) >= 11 is 3.67. The van der Waals surface area contributed by atoms with E-state index in [0.717, 1.165) is 13.2 Å². The van der Waals surface area contributed by atoms with Crippen molar-refractivity contribution in [3.8, 4) is 0 Å². The topological polar surface area (TPSA) is 12.5 Å². The van der Waals surface area contributed by atoms with E-state index in [9.17, 15) is 0 Å². The molecule has 92 valence electrons. The van der Waals surface area contributed by atoms with Crippen LogP contribution in [0.1, 0.15) is 18.4 Å². The lowest BCUT2D eigenvalue weighted by molar-refractivity contribution is -0.000232. The van der Waals surface area contributed by atoms with Gasteiger partial charge >= 0.3 is 0 Å². The van der Waals surface area contributed by atoms with Crippen molar-refractivity contribution in [2.45, 2.75) is 19.8 Å². The van der Waals surface area contributed by atoms with Crippen molar-refractivity contribution < 1.29 is 4.74 Å². The first-order chi connectivity index (χ1) is 8.19. The first kappa shape index (κ1) is 11.5. The Kier molecular flexibility index (Phi) is 2.91. The van der Waals surface area contributed by atoms with Gasteiger partial charge in [-0.3, -0.25) is 0 Å². The SMILES string of the molecule is Cc1ccc(N2CC3(CCOCC3)C2)c(Br)c1. The summed E-state index contributed by atoms with van der Waals surface area (Å²) in [4.78, 5) is 2.48. The zero-order valence-corrected chi connectivity index (χ0v) is 11.8. The lowest BCUT2D eigenvalue weighted by Crippen LogP contribution is -2.58. The van der Waals surface area contributed by atoms with Crippen molar-refractivity contribution in [3.63, 3.8) is 0 Å². The highest BCUT2D eigenvalue weighted by molar-refractivity contribution is 9.10. The predicted molar refractivity (Wildman–Crippen MR) is 73.6 cm³/mol. The Morgan fingerprint density at radius 2 is 1.94 bits per heavy atom. The normalized spacial score (nSPS) is 22.6. The van der Waals surface area contributed by atoms with Crippen LogP contribution < -0.4 is 4.90 Å². The van der Waals surface area contributed by atoms with E-state index in [0.29, 0.717) is 5.41 Å². The summed E-state index contributed by atoms with van der Waals surface area (Å²) in [6.07, 6.45) is 2.46. The van der Waals surface area contributed by atoms with Crippen LogP contribution in [0.25, 0.3) is 0 Å². The molecule has 3 heteroatoms. The van der Waals surface area contributed by atoms with E-state index in [1.54, 1.807) is 0 Å². The molecule has 0 amide bonds. The highest BCUT2D eigenvalue weighted by Crippen LogP contribution is 2.43. The average molecular weight is 296 g/mol. The van der Waals surface area contributed by atoms with Crippen molar-refractivity contribution in [1.82, 2.24) is 0 Å². The van der Waals surface area contributed by atoms with E-state index in [1.807, 2.05) is 0 Å². The fourth-order valence-electron chi connectivity index (χ4n) is 2.92. The number of aryl methyl sites for hydroxylation is 1. The van der Waals surface area contributed by atoms with Crippen molar-refractivity contribution in [1.29, 1.82) is 0 Å². The molecule has 0 N–H and O–H groups in total.